The lowest BCUT2D eigenvalue weighted by atomic mass is 9.99. The van der Waals surface area contributed by atoms with Crippen molar-refractivity contribution in [1.29, 1.82) is 0 Å². The van der Waals surface area contributed by atoms with Gasteiger partial charge in [0.05, 0.1) is 19.8 Å². The second-order valence-electron chi connectivity index (χ2n) is 12.8. The highest BCUT2D eigenvalue weighted by Gasteiger charge is 2.48. The molecule has 0 aromatic carbocycles. The predicted octanol–water partition coefficient (Wildman–Crippen LogP) is 6.29. The lowest BCUT2D eigenvalue weighted by Crippen LogP contribution is -2.60. The van der Waals surface area contributed by atoms with Crippen molar-refractivity contribution in [3.05, 3.63) is 36.5 Å². The Hall–Kier alpha value is -1.68. The van der Waals surface area contributed by atoms with Gasteiger partial charge in [0.15, 0.2) is 6.29 Å². The first-order valence-corrected chi connectivity index (χ1v) is 20.1. The average Bonchev–Trinajstić information content (AvgIpc) is 3.08. The van der Waals surface area contributed by atoms with Crippen LogP contribution < -0.4 is 0 Å². The van der Waals surface area contributed by atoms with E-state index in [1.807, 2.05) is 0 Å². The van der Waals surface area contributed by atoms with Crippen LogP contribution in [-0.4, -0.2) is 97.5 Å². The van der Waals surface area contributed by atoms with Gasteiger partial charge < -0.3 is 34.3 Å². The fraction of sp³-hybridized carbons (Fsp3) is 0.811. The van der Waals surface area contributed by atoms with E-state index in [1.165, 1.54) is 32.1 Å². The van der Waals surface area contributed by atoms with Crippen molar-refractivity contribution in [3.63, 3.8) is 0 Å². The maximum Gasteiger partial charge on any atom is 0.397 e. The van der Waals surface area contributed by atoms with Gasteiger partial charge in [0.1, 0.15) is 30.5 Å². The van der Waals surface area contributed by atoms with Gasteiger partial charge >= 0.3 is 16.4 Å². The Labute approximate surface area is 301 Å². The SMILES string of the molecule is CC/C=C\C/C=C\C/C=C\CCCCCCCCOCC(COC1OC(CO)C(O)C(OS(=O)(=O)O)C1O)OC(=O)CCCCCCCCC. The summed E-state index contributed by atoms with van der Waals surface area (Å²) in [5, 5.41) is 30.4. The second-order valence-corrected chi connectivity index (χ2v) is 13.8. The summed E-state index contributed by atoms with van der Waals surface area (Å²) in [5.41, 5.74) is 0. The van der Waals surface area contributed by atoms with E-state index in [1.54, 1.807) is 0 Å². The largest absolute Gasteiger partial charge is 0.457 e. The Kier molecular flexibility index (Phi) is 27.7. The maximum absolute atomic E-state index is 12.6. The van der Waals surface area contributed by atoms with Crippen LogP contribution in [0.15, 0.2) is 36.5 Å². The summed E-state index contributed by atoms with van der Waals surface area (Å²) in [4.78, 5) is 12.6. The van der Waals surface area contributed by atoms with Gasteiger partial charge in [-0.3, -0.25) is 9.35 Å². The molecule has 50 heavy (non-hydrogen) atoms. The van der Waals surface area contributed by atoms with Gasteiger partial charge in [-0.05, 0) is 44.9 Å². The van der Waals surface area contributed by atoms with Crippen LogP contribution in [0.3, 0.4) is 0 Å². The molecule has 1 fully saturated rings. The van der Waals surface area contributed by atoms with Crippen LogP contribution in [0.2, 0.25) is 0 Å². The number of hydrogen-bond donors (Lipinski definition) is 4. The number of allylic oxidation sites excluding steroid dienone is 6. The summed E-state index contributed by atoms with van der Waals surface area (Å²) in [7, 11) is -5.05. The highest BCUT2D eigenvalue weighted by atomic mass is 32.3. The highest BCUT2D eigenvalue weighted by Crippen LogP contribution is 2.26. The Morgan fingerprint density at radius 3 is 2.02 bits per heavy atom. The van der Waals surface area contributed by atoms with E-state index >= 15 is 0 Å². The van der Waals surface area contributed by atoms with E-state index in [2.05, 4.69) is 54.5 Å². The van der Waals surface area contributed by atoms with Crippen LogP contribution >= 0.6 is 0 Å². The molecular weight excluding hydrogens is 668 g/mol. The Bertz CT molecular complexity index is 1030. The van der Waals surface area contributed by atoms with E-state index in [0.717, 1.165) is 70.6 Å². The molecule has 0 aliphatic carbocycles. The molecule has 1 rings (SSSR count). The molecule has 0 aromatic rings. The average molecular weight is 735 g/mol. The van der Waals surface area contributed by atoms with Crippen LogP contribution in [0.25, 0.3) is 0 Å². The molecule has 13 heteroatoms. The molecule has 0 saturated carbocycles. The van der Waals surface area contributed by atoms with Gasteiger partial charge in [0.25, 0.3) is 0 Å². The minimum atomic E-state index is -5.05. The zero-order chi connectivity index (χ0) is 36.9. The topological polar surface area (TPSA) is 178 Å². The van der Waals surface area contributed by atoms with Crippen molar-refractivity contribution < 1.29 is 56.2 Å². The van der Waals surface area contributed by atoms with Crippen molar-refractivity contribution in [2.75, 3.05) is 26.4 Å². The standard InChI is InChI=1S/C37H66O12S/c1-3-5-7-9-11-12-13-14-15-16-17-18-19-21-23-25-27-45-29-31(47-33(39)26-24-22-20-10-8-6-4-2)30-46-37-35(41)36(49-50(42,43)44)34(40)32(28-38)48-37/h5,7,11-12,14-15,31-32,34-38,40-41H,3-4,6,8-10,13,16-30H2,1-2H3,(H,42,43,44)/b7-5-,12-11-,15-14-. The second kappa shape index (κ2) is 29.9. The molecule has 0 bridgehead atoms. The molecule has 12 nitrogen and oxygen atoms in total. The van der Waals surface area contributed by atoms with Crippen LogP contribution in [0.5, 0.6) is 0 Å². The maximum atomic E-state index is 12.6. The molecule has 1 heterocycles. The van der Waals surface area contributed by atoms with Gasteiger partial charge in [0.2, 0.25) is 0 Å². The first-order chi connectivity index (χ1) is 24.1. The molecule has 0 aromatic heterocycles. The van der Waals surface area contributed by atoms with Crippen molar-refractivity contribution in [2.24, 2.45) is 0 Å². The first kappa shape index (κ1) is 46.3. The third kappa shape index (κ3) is 23.7. The molecule has 1 aliphatic heterocycles. The molecule has 0 radical (unpaired) electrons. The number of carbonyl (C=O) groups is 1. The van der Waals surface area contributed by atoms with E-state index in [0.29, 0.717) is 13.0 Å². The molecule has 292 valence electrons. The molecule has 1 aliphatic rings. The summed E-state index contributed by atoms with van der Waals surface area (Å²) in [6.45, 7) is 3.76. The summed E-state index contributed by atoms with van der Waals surface area (Å²) >= 11 is 0. The van der Waals surface area contributed by atoms with Gasteiger partial charge in [-0.25, -0.2) is 4.18 Å². The Morgan fingerprint density at radius 1 is 0.780 bits per heavy atom. The van der Waals surface area contributed by atoms with Crippen molar-refractivity contribution in [1.82, 2.24) is 0 Å². The van der Waals surface area contributed by atoms with E-state index in [4.69, 9.17) is 23.5 Å². The number of rotatable bonds is 31. The summed E-state index contributed by atoms with van der Waals surface area (Å²) in [5.74, 6) is -0.414. The number of aliphatic hydroxyl groups excluding tert-OH is 3. The molecule has 0 amide bonds. The van der Waals surface area contributed by atoms with Crippen LogP contribution in [-0.2, 0) is 38.3 Å². The lowest BCUT2D eigenvalue weighted by molar-refractivity contribution is -0.301. The number of carbonyl (C=O) groups excluding carboxylic acids is 1. The molecule has 0 spiro atoms. The van der Waals surface area contributed by atoms with Crippen molar-refractivity contribution >= 4 is 16.4 Å². The zero-order valence-corrected chi connectivity index (χ0v) is 31.3. The van der Waals surface area contributed by atoms with Crippen molar-refractivity contribution in [3.8, 4) is 0 Å². The molecule has 1 saturated heterocycles. The van der Waals surface area contributed by atoms with Gasteiger partial charge in [-0.15, -0.1) is 0 Å². The smallest absolute Gasteiger partial charge is 0.397 e. The normalized spacial score (nSPS) is 22.2. The molecule has 6 atom stereocenters. The summed E-state index contributed by atoms with van der Waals surface area (Å²) in [6, 6.07) is 0. The van der Waals surface area contributed by atoms with Crippen LogP contribution in [0.1, 0.15) is 129 Å². The minimum absolute atomic E-state index is 0.0273. The van der Waals surface area contributed by atoms with Crippen molar-refractivity contribution in [2.45, 2.75) is 166 Å². The number of hydrogen-bond acceptors (Lipinski definition) is 11. The third-order valence-electron chi connectivity index (χ3n) is 8.28. The number of ether oxygens (including phenoxy) is 4. The van der Waals surface area contributed by atoms with Gasteiger partial charge in [-0.1, -0.05) is 115 Å². The van der Waals surface area contributed by atoms with E-state index in [-0.39, 0.29) is 19.6 Å². The van der Waals surface area contributed by atoms with Crippen LogP contribution in [0.4, 0.5) is 0 Å². The highest BCUT2D eigenvalue weighted by molar-refractivity contribution is 7.80. The van der Waals surface area contributed by atoms with Gasteiger partial charge in [0, 0.05) is 13.0 Å². The zero-order valence-electron chi connectivity index (χ0n) is 30.4. The van der Waals surface area contributed by atoms with Crippen LogP contribution in [0, 0.1) is 0 Å². The predicted molar refractivity (Wildman–Crippen MR) is 193 cm³/mol. The number of unbranched alkanes of at least 4 members (excludes halogenated alkanes) is 12. The molecule has 4 N–H and O–H groups in total. The van der Waals surface area contributed by atoms with Gasteiger partial charge in [-0.2, -0.15) is 8.42 Å². The monoisotopic (exact) mass is 734 g/mol. The van der Waals surface area contributed by atoms with E-state index in [9.17, 15) is 28.5 Å². The minimum Gasteiger partial charge on any atom is -0.457 e. The first-order valence-electron chi connectivity index (χ1n) is 18.7. The fourth-order valence-electron chi connectivity index (χ4n) is 5.45. The Balaban J connectivity index is 2.48. The quantitative estimate of drug-likeness (QED) is 0.0271. The molecular formula is C37H66O12S. The third-order valence-corrected chi connectivity index (χ3v) is 8.74. The summed E-state index contributed by atoms with van der Waals surface area (Å²) in [6.07, 6.45) is 22.1. The summed E-state index contributed by atoms with van der Waals surface area (Å²) < 4.78 is 58.6. The number of aliphatic hydroxyl groups is 3. The van der Waals surface area contributed by atoms with E-state index < -0.39 is 59.8 Å². The Morgan fingerprint density at radius 2 is 1.38 bits per heavy atom. The number of esters is 1. The lowest BCUT2D eigenvalue weighted by Gasteiger charge is -2.41. The fourth-order valence-corrected chi connectivity index (χ4v) is 5.96. The molecule has 6 unspecified atom stereocenters.